The van der Waals surface area contributed by atoms with Crippen molar-refractivity contribution in [1.29, 1.82) is 0 Å². The lowest BCUT2D eigenvalue weighted by Gasteiger charge is -2.22. The van der Waals surface area contributed by atoms with E-state index in [-0.39, 0.29) is 0 Å². The van der Waals surface area contributed by atoms with Gasteiger partial charge < -0.3 is 0 Å². The maximum Gasteiger partial charge on any atom is 0.139 e. The van der Waals surface area contributed by atoms with Crippen molar-refractivity contribution in [3.63, 3.8) is 0 Å². The number of unbranched alkanes of at least 4 members (excludes halogenated alkanes) is 1. The van der Waals surface area contributed by atoms with Gasteiger partial charge in [0.25, 0.3) is 0 Å². The second-order valence-electron chi connectivity index (χ2n) is 6.28. The summed E-state index contributed by atoms with van der Waals surface area (Å²) in [6.45, 7) is 8.91. The van der Waals surface area contributed by atoms with Gasteiger partial charge in [0.2, 0.25) is 0 Å². The van der Waals surface area contributed by atoms with Gasteiger partial charge in [-0.25, -0.2) is 0 Å². The molecule has 15 heavy (non-hydrogen) atoms. The van der Waals surface area contributed by atoms with Gasteiger partial charge in [0.1, 0.15) is 5.78 Å². The van der Waals surface area contributed by atoms with E-state index in [0.29, 0.717) is 23.0 Å². The van der Waals surface area contributed by atoms with E-state index in [0.717, 1.165) is 25.7 Å². The van der Waals surface area contributed by atoms with Crippen molar-refractivity contribution in [2.75, 3.05) is 0 Å². The fourth-order valence-electron chi connectivity index (χ4n) is 2.70. The molecule has 1 fully saturated rings. The van der Waals surface area contributed by atoms with E-state index in [2.05, 4.69) is 27.7 Å². The molecule has 1 saturated carbocycles. The Bertz CT molecular complexity index is 212. The van der Waals surface area contributed by atoms with Crippen LogP contribution in [0.3, 0.4) is 0 Å². The zero-order valence-corrected chi connectivity index (χ0v) is 10.8. The molecule has 2 unspecified atom stereocenters. The fraction of sp³-hybridized carbons (Fsp3) is 0.929. The third kappa shape index (κ3) is 3.96. The predicted octanol–water partition coefficient (Wildman–Crippen LogP) is 4.21. The van der Waals surface area contributed by atoms with Crippen LogP contribution in [0.4, 0.5) is 0 Å². The summed E-state index contributed by atoms with van der Waals surface area (Å²) in [4.78, 5) is 12.1. The molecule has 0 radical (unpaired) electrons. The highest BCUT2D eigenvalue weighted by molar-refractivity contribution is 5.85. The summed E-state index contributed by atoms with van der Waals surface area (Å²) in [6.07, 6.45) is 6.95. The van der Waals surface area contributed by atoms with Gasteiger partial charge in [-0.15, -0.1) is 0 Å². The lowest BCUT2D eigenvalue weighted by molar-refractivity contribution is -0.124. The number of rotatable bonds is 4. The molecule has 88 valence electrons. The van der Waals surface area contributed by atoms with Crippen LogP contribution in [0.2, 0.25) is 0 Å². The van der Waals surface area contributed by atoms with E-state index in [9.17, 15) is 4.79 Å². The van der Waals surface area contributed by atoms with Gasteiger partial charge in [-0.3, -0.25) is 4.79 Å². The van der Waals surface area contributed by atoms with Crippen molar-refractivity contribution in [3.8, 4) is 0 Å². The molecule has 0 N–H and O–H groups in total. The van der Waals surface area contributed by atoms with E-state index in [1.54, 1.807) is 0 Å². The van der Waals surface area contributed by atoms with Gasteiger partial charge >= 0.3 is 0 Å². The van der Waals surface area contributed by atoms with Crippen LogP contribution < -0.4 is 0 Å². The Labute approximate surface area is 94.6 Å². The monoisotopic (exact) mass is 210 g/mol. The summed E-state index contributed by atoms with van der Waals surface area (Å²) in [7, 11) is 0. The summed E-state index contributed by atoms with van der Waals surface area (Å²) in [6, 6.07) is 0. The number of carbonyl (C=O) groups excluding carboxylic acids is 1. The molecular formula is C14H26O. The molecule has 1 aliphatic rings. The number of ketones is 1. The zero-order valence-electron chi connectivity index (χ0n) is 10.8. The Morgan fingerprint density at radius 3 is 2.33 bits per heavy atom. The minimum absolute atomic E-state index is 0.306. The zero-order chi connectivity index (χ0) is 11.5. The third-order valence-corrected chi connectivity index (χ3v) is 3.43. The van der Waals surface area contributed by atoms with Crippen LogP contribution in [-0.4, -0.2) is 5.78 Å². The topological polar surface area (TPSA) is 17.1 Å². The van der Waals surface area contributed by atoms with Gasteiger partial charge in [-0.2, -0.15) is 0 Å². The first-order valence-electron chi connectivity index (χ1n) is 6.48. The van der Waals surface area contributed by atoms with E-state index < -0.39 is 0 Å². The van der Waals surface area contributed by atoms with E-state index >= 15 is 0 Å². The lowest BCUT2D eigenvalue weighted by atomic mass is 9.83. The smallest absolute Gasteiger partial charge is 0.139 e. The molecular weight excluding hydrogens is 184 g/mol. The highest BCUT2D eigenvalue weighted by atomic mass is 16.1. The highest BCUT2D eigenvalue weighted by Crippen LogP contribution is 2.37. The van der Waals surface area contributed by atoms with Crippen LogP contribution in [0.15, 0.2) is 0 Å². The van der Waals surface area contributed by atoms with E-state index in [1.165, 1.54) is 12.8 Å². The van der Waals surface area contributed by atoms with Crippen molar-refractivity contribution in [2.24, 2.45) is 17.3 Å². The third-order valence-electron chi connectivity index (χ3n) is 3.43. The van der Waals surface area contributed by atoms with Crippen LogP contribution in [0.5, 0.6) is 0 Å². The number of hydrogen-bond acceptors (Lipinski definition) is 1. The molecule has 0 aromatic heterocycles. The first-order valence-corrected chi connectivity index (χ1v) is 6.48. The standard InChI is InChI=1S/C14H26O/c1-5-6-7-11-8-9-12(13(11)15)10-14(2,3)4/h11-12H,5-10H2,1-4H3. The van der Waals surface area contributed by atoms with Crippen LogP contribution in [0.1, 0.15) is 66.2 Å². The Morgan fingerprint density at radius 1 is 1.20 bits per heavy atom. The van der Waals surface area contributed by atoms with Crippen molar-refractivity contribution in [3.05, 3.63) is 0 Å². The van der Waals surface area contributed by atoms with Crippen LogP contribution in [0.25, 0.3) is 0 Å². The normalized spacial score (nSPS) is 27.3. The summed E-state index contributed by atoms with van der Waals surface area (Å²) in [5.74, 6) is 1.34. The molecule has 2 atom stereocenters. The Morgan fingerprint density at radius 2 is 1.80 bits per heavy atom. The van der Waals surface area contributed by atoms with Gasteiger partial charge in [0.15, 0.2) is 0 Å². The average molecular weight is 210 g/mol. The van der Waals surface area contributed by atoms with E-state index in [4.69, 9.17) is 0 Å². The summed E-state index contributed by atoms with van der Waals surface area (Å²) in [5.41, 5.74) is 0.306. The molecule has 0 aliphatic heterocycles. The molecule has 0 bridgehead atoms. The minimum atomic E-state index is 0.306. The Hall–Kier alpha value is -0.330. The molecule has 0 aromatic carbocycles. The molecule has 0 saturated heterocycles. The Kier molecular flexibility index (Phi) is 4.36. The lowest BCUT2D eigenvalue weighted by Crippen LogP contribution is -2.19. The molecule has 0 spiro atoms. The first-order chi connectivity index (χ1) is 6.94. The maximum atomic E-state index is 12.1. The molecule has 0 heterocycles. The molecule has 0 amide bonds. The summed E-state index contributed by atoms with van der Waals surface area (Å²) < 4.78 is 0. The predicted molar refractivity (Wildman–Crippen MR) is 64.8 cm³/mol. The van der Waals surface area contributed by atoms with Gasteiger partial charge in [-0.05, 0) is 31.1 Å². The molecule has 1 rings (SSSR count). The Balaban J connectivity index is 2.42. The van der Waals surface area contributed by atoms with Crippen LogP contribution >= 0.6 is 0 Å². The summed E-state index contributed by atoms with van der Waals surface area (Å²) in [5, 5.41) is 0. The number of hydrogen-bond donors (Lipinski definition) is 0. The SMILES string of the molecule is CCCCC1CCC(CC(C)(C)C)C1=O. The van der Waals surface area contributed by atoms with Crippen molar-refractivity contribution in [1.82, 2.24) is 0 Å². The molecule has 1 heteroatoms. The second kappa shape index (κ2) is 5.14. The van der Waals surface area contributed by atoms with Gasteiger partial charge in [0, 0.05) is 11.8 Å². The highest BCUT2D eigenvalue weighted by Gasteiger charge is 2.35. The quantitative estimate of drug-likeness (QED) is 0.679. The van der Waals surface area contributed by atoms with Crippen LogP contribution in [0, 0.1) is 17.3 Å². The number of carbonyl (C=O) groups is 1. The van der Waals surface area contributed by atoms with Gasteiger partial charge in [0.05, 0.1) is 0 Å². The average Bonchev–Trinajstić information content (AvgIpc) is 2.43. The molecule has 1 nitrogen and oxygen atoms in total. The van der Waals surface area contributed by atoms with Crippen LogP contribution in [-0.2, 0) is 4.79 Å². The van der Waals surface area contributed by atoms with Gasteiger partial charge in [-0.1, -0.05) is 40.5 Å². The maximum absolute atomic E-state index is 12.1. The second-order valence-corrected chi connectivity index (χ2v) is 6.28. The number of Topliss-reactive ketones (excluding diaryl/α,β-unsaturated/α-hetero) is 1. The minimum Gasteiger partial charge on any atom is -0.299 e. The van der Waals surface area contributed by atoms with Crippen molar-refractivity contribution in [2.45, 2.75) is 66.2 Å². The fourth-order valence-corrected chi connectivity index (χ4v) is 2.70. The van der Waals surface area contributed by atoms with Crippen molar-refractivity contribution < 1.29 is 4.79 Å². The summed E-state index contributed by atoms with van der Waals surface area (Å²) >= 11 is 0. The first kappa shape index (κ1) is 12.7. The van der Waals surface area contributed by atoms with E-state index in [1.807, 2.05) is 0 Å². The molecule has 0 aromatic rings. The molecule has 1 aliphatic carbocycles. The largest absolute Gasteiger partial charge is 0.299 e. The van der Waals surface area contributed by atoms with Crippen molar-refractivity contribution >= 4 is 5.78 Å².